The summed E-state index contributed by atoms with van der Waals surface area (Å²) in [7, 11) is 3.33. The van der Waals surface area contributed by atoms with E-state index in [-0.39, 0.29) is 12.0 Å². The van der Waals surface area contributed by atoms with Crippen molar-refractivity contribution in [3.05, 3.63) is 72.0 Å². The van der Waals surface area contributed by atoms with E-state index in [4.69, 9.17) is 23.7 Å². The van der Waals surface area contributed by atoms with Gasteiger partial charge in [0, 0.05) is 5.92 Å². The van der Waals surface area contributed by atoms with E-state index in [1.54, 1.807) is 20.5 Å². The smallest absolute Gasteiger partial charge is 0.126 e. The van der Waals surface area contributed by atoms with Crippen LogP contribution in [0.4, 0.5) is 0 Å². The summed E-state index contributed by atoms with van der Waals surface area (Å²) in [5.41, 5.74) is 2.24. The van der Waals surface area contributed by atoms with E-state index in [0.717, 1.165) is 29.0 Å². The van der Waals surface area contributed by atoms with Gasteiger partial charge < -0.3 is 23.7 Å². The number of hydrogen-bond acceptors (Lipinski definition) is 5. The van der Waals surface area contributed by atoms with Crippen molar-refractivity contribution >= 4 is 0 Å². The lowest BCUT2D eigenvalue weighted by atomic mass is 9.98. The summed E-state index contributed by atoms with van der Waals surface area (Å²) in [6.07, 6.45) is 4.74. The summed E-state index contributed by atoms with van der Waals surface area (Å²) in [5.74, 6) is 1.97. The van der Waals surface area contributed by atoms with Crippen molar-refractivity contribution in [3.63, 3.8) is 0 Å². The predicted octanol–water partition coefficient (Wildman–Crippen LogP) is 4.36. The number of benzene rings is 2. The topological polar surface area (TPSA) is 46.2 Å². The lowest BCUT2D eigenvalue weighted by Gasteiger charge is -2.28. The van der Waals surface area contributed by atoms with Crippen LogP contribution in [0.25, 0.3) is 0 Å². The van der Waals surface area contributed by atoms with Crippen LogP contribution < -0.4 is 9.47 Å². The first-order valence-electron chi connectivity index (χ1n) is 9.50. The van der Waals surface area contributed by atoms with Crippen LogP contribution in [0.1, 0.15) is 17.5 Å². The number of ether oxygens (including phenoxy) is 5. The molecule has 150 valence electrons. The first kappa shape index (κ1) is 20.2. The second kappa shape index (κ2) is 10.7. The van der Waals surface area contributed by atoms with Crippen LogP contribution in [0.15, 0.2) is 60.9 Å². The van der Waals surface area contributed by atoms with Crippen molar-refractivity contribution in [2.75, 3.05) is 27.4 Å². The van der Waals surface area contributed by atoms with Crippen LogP contribution in [-0.2, 0) is 27.4 Å². The fourth-order valence-corrected chi connectivity index (χ4v) is 3.07. The number of hydrogen-bond donors (Lipinski definition) is 0. The number of rotatable bonds is 10. The van der Waals surface area contributed by atoms with Gasteiger partial charge in [-0.15, -0.1) is 0 Å². The zero-order valence-electron chi connectivity index (χ0n) is 16.5. The van der Waals surface area contributed by atoms with Crippen molar-refractivity contribution in [2.24, 2.45) is 5.92 Å². The molecule has 0 spiro atoms. The average molecular weight is 384 g/mol. The van der Waals surface area contributed by atoms with Crippen molar-refractivity contribution in [3.8, 4) is 11.5 Å². The Balaban J connectivity index is 1.42. The number of allylic oxidation sites excluding steroid dienone is 1. The Morgan fingerprint density at radius 2 is 1.32 bits per heavy atom. The summed E-state index contributed by atoms with van der Waals surface area (Å²) in [5, 5.41) is 0. The highest BCUT2D eigenvalue weighted by Crippen LogP contribution is 2.21. The molecule has 0 aromatic heterocycles. The molecule has 3 rings (SSSR count). The Morgan fingerprint density at radius 1 is 0.786 bits per heavy atom. The lowest BCUT2D eigenvalue weighted by Crippen LogP contribution is -2.32. The molecule has 0 unspecified atom stereocenters. The molecule has 0 radical (unpaired) electrons. The minimum Gasteiger partial charge on any atom is -0.497 e. The van der Waals surface area contributed by atoms with Gasteiger partial charge in [0.2, 0.25) is 0 Å². The predicted molar refractivity (Wildman–Crippen MR) is 107 cm³/mol. The fourth-order valence-electron chi connectivity index (χ4n) is 3.07. The SMILES string of the molecule is COc1ccc(COC[C@H]2CC=CO[C@@H]2COCc2ccc(OC)cc2)cc1. The molecule has 0 saturated heterocycles. The van der Waals surface area contributed by atoms with Gasteiger partial charge in [-0.25, -0.2) is 0 Å². The molecule has 1 aliphatic rings. The summed E-state index contributed by atoms with van der Waals surface area (Å²) >= 11 is 0. The molecular formula is C23H28O5. The van der Waals surface area contributed by atoms with Gasteiger partial charge >= 0.3 is 0 Å². The van der Waals surface area contributed by atoms with E-state index >= 15 is 0 Å². The normalized spacial score (nSPS) is 18.5. The Kier molecular flexibility index (Phi) is 7.76. The Morgan fingerprint density at radius 3 is 1.86 bits per heavy atom. The van der Waals surface area contributed by atoms with Gasteiger partial charge in [0.15, 0.2) is 0 Å². The molecule has 0 fully saturated rings. The van der Waals surface area contributed by atoms with Crippen LogP contribution in [0.2, 0.25) is 0 Å². The maximum Gasteiger partial charge on any atom is 0.126 e. The molecule has 1 heterocycles. The Labute approximate surface area is 166 Å². The first-order valence-corrected chi connectivity index (χ1v) is 9.50. The highest BCUT2D eigenvalue weighted by molar-refractivity contribution is 5.27. The van der Waals surface area contributed by atoms with Crippen LogP contribution >= 0.6 is 0 Å². The van der Waals surface area contributed by atoms with E-state index in [0.29, 0.717) is 26.4 Å². The van der Waals surface area contributed by atoms with Gasteiger partial charge in [-0.1, -0.05) is 24.3 Å². The van der Waals surface area contributed by atoms with Crippen LogP contribution in [0, 0.1) is 5.92 Å². The third-order valence-corrected chi connectivity index (χ3v) is 4.78. The largest absolute Gasteiger partial charge is 0.497 e. The number of methoxy groups -OCH3 is 2. The molecule has 0 aliphatic carbocycles. The van der Waals surface area contributed by atoms with Gasteiger partial charge in [0.05, 0.1) is 46.9 Å². The minimum atomic E-state index is -0.000819. The molecule has 0 bridgehead atoms. The quantitative estimate of drug-likeness (QED) is 0.609. The van der Waals surface area contributed by atoms with Crippen LogP contribution in [0.5, 0.6) is 11.5 Å². The summed E-state index contributed by atoms with van der Waals surface area (Å²) in [6.45, 7) is 2.29. The fraction of sp³-hybridized carbons (Fsp3) is 0.391. The van der Waals surface area contributed by atoms with E-state index in [9.17, 15) is 0 Å². The summed E-state index contributed by atoms with van der Waals surface area (Å²) < 4.78 is 27.9. The van der Waals surface area contributed by atoms with E-state index in [1.165, 1.54) is 0 Å². The van der Waals surface area contributed by atoms with Gasteiger partial charge in [-0.05, 0) is 47.9 Å². The first-order chi connectivity index (χ1) is 13.8. The second-order valence-electron chi connectivity index (χ2n) is 6.77. The molecular weight excluding hydrogens is 356 g/mol. The van der Waals surface area contributed by atoms with Crippen molar-refractivity contribution in [1.29, 1.82) is 0 Å². The maximum absolute atomic E-state index is 5.93. The molecule has 0 N–H and O–H groups in total. The summed E-state index contributed by atoms with van der Waals surface area (Å²) in [6, 6.07) is 15.8. The molecule has 2 aromatic rings. The molecule has 28 heavy (non-hydrogen) atoms. The van der Waals surface area contributed by atoms with Gasteiger partial charge in [-0.3, -0.25) is 0 Å². The van der Waals surface area contributed by atoms with Crippen molar-refractivity contribution < 1.29 is 23.7 Å². The molecule has 1 aliphatic heterocycles. The van der Waals surface area contributed by atoms with Gasteiger partial charge in [0.1, 0.15) is 17.6 Å². The standard InChI is InChI=1S/C23H28O5/c1-24-21-9-5-18(6-10-21)14-26-16-20-4-3-13-28-23(20)17-27-15-19-7-11-22(25-2)12-8-19/h3,5-13,20,23H,4,14-17H2,1-2H3/t20-,23-/m1/s1. The van der Waals surface area contributed by atoms with Crippen molar-refractivity contribution in [2.45, 2.75) is 25.7 Å². The van der Waals surface area contributed by atoms with Crippen molar-refractivity contribution in [1.82, 2.24) is 0 Å². The third kappa shape index (κ3) is 6.01. The molecule has 5 heteroatoms. The molecule has 0 saturated carbocycles. The van der Waals surface area contributed by atoms with Gasteiger partial charge in [-0.2, -0.15) is 0 Å². The van der Waals surface area contributed by atoms with E-state index < -0.39 is 0 Å². The molecule has 2 atom stereocenters. The molecule has 5 nitrogen and oxygen atoms in total. The zero-order chi connectivity index (χ0) is 19.6. The van der Waals surface area contributed by atoms with Crippen LogP contribution in [-0.4, -0.2) is 33.5 Å². The lowest BCUT2D eigenvalue weighted by molar-refractivity contribution is -0.0451. The average Bonchev–Trinajstić information content (AvgIpc) is 2.76. The monoisotopic (exact) mass is 384 g/mol. The van der Waals surface area contributed by atoms with Crippen LogP contribution in [0.3, 0.4) is 0 Å². The minimum absolute atomic E-state index is 0.000819. The zero-order valence-corrected chi connectivity index (χ0v) is 16.5. The highest BCUT2D eigenvalue weighted by Gasteiger charge is 2.24. The van der Waals surface area contributed by atoms with Gasteiger partial charge in [0.25, 0.3) is 0 Å². The molecule has 0 amide bonds. The van der Waals surface area contributed by atoms with E-state index in [1.807, 2.05) is 54.6 Å². The third-order valence-electron chi connectivity index (χ3n) is 4.78. The molecule has 2 aromatic carbocycles. The van der Waals surface area contributed by atoms with E-state index in [2.05, 4.69) is 0 Å². The summed E-state index contributed by atoms with van der Waals surface area (Å²) in [4.78, 5) is 0. The Bertz CT molecular complexity index is 660. The Hall–Kier alpha value is -2.50. The second-order valence-corrected chi connectivity index (χ2v) is 6.77. The maximum atomic E-state index is 5.93. The highest BCUT2D eigenvalue weighted by atomic mass is 16.5.